The average Bonchev–Trinajstić information content (AvgIpc) is 2.57. The number of aliphatic imine (C=N–C) groups is 1. The van der Waals surface area contributed by atoms with E-state index in [0.717, 1.165) is 11.5 Å². The molecular weight excluding hydrogens is 190 g/mol. The van der Waals surface area contributed by atoms with Crippen LogP contribution in [-0.4, -0.2) is 17.8 Å². The summed E-state index contributed by atoms with van der Waals surface area (Å²) in [7, 11) is 0. The van der Waals surface area contributed by atoms with Crippen LogP contribution in [0.5, 0.6) is 0 Å². The van der Waals surface area contributed by atoms with Crippen molar-refractivity contribution >= 4 is 6.21 Å². The number of aryl methyl sites for hydroxylation is 1. The molecule has 0 spiro atoms. The number of hydrogen-bond acceptors (Lipinski definition) is 4. The normalized spacial score (nSPS) is 29.7. The summed E-state index contributed by atoms with van der Waals surface area (Å²) in [5.41, 5.74) is 11.5. The molecule has 4 nitrogen and oxygen atoms in total. The maximum atomic E-state index is 6.18. The average molecular weight is 205 g/mol. The molecule has 2 rings (SSSR count). The van der Waals surface area contributed by atoms with Gasteiger partial charge in [0.15, 0.2) is 0 Å². The maximum absolute atomic E-state index is 6.18. The lowest BCUT2D eigenvalue weighted by molar-refractivity contribution is 0.410. The van der Waals surface area contributed by atoms with Crippen LogP contribution in [0.2, 0.25) is 0 Å². The summed E-state index contributed by atoms with van der Waals surface area (Å²) in [5, 5.41) is 0. The summed E-state index contributed by atoms with van der Waals surface area (Å²) in [6.45, 7) is 1.91. The number of hydrogen-bond donors (Lipinski definition) is 2. The quantitative estimate of drug-likeness (QED) is 0.748. The van der Waals surface area contributed by atoms with Gasteiger partial charge in [0.05, 0.1) is 11.6 Å². The van der Waals surface area contributed by atoms with Crippen molar-refractivity contribution in [3.63, 3.8) is 0 Å². The lowest BCUT2D eigenvalue weighted by Crippen LogP contribution is -2.57. The van der Waals surface area contributed by atoms with Gasteiger partial charge in [-0.2, -0.15) is 0 Å². The molecule has 0 aromatic carbocycles. The summed E-state index contributed by atoms with van der Waals surface area (Å²) < 4.78 is 5.49. The van der Waals surface area contributed by atoms with Gasteiger partial charge in [0.25, 0.3) is 0 Å². The van der Waals surface area contributed by atoms with Crippen molar-refractivity contribution in [1.82, 2.24) is 0 Å². The van der Waals surface area contributed by atoms with Gasteiger partial charge < -0.3 is 15.9 Å². The van der Waals surface area contributed by atoms with Gasteiger partial charge in [-0.15, -0.1) is 0 Å². The van der Waals surface area contributed by atoms with Gasteiger partial charge in [-0.1, -0.05) is 0 Å². The molecular formula is C11H15N3O. The second-order valence-corrected chi connectivity index (χ2v) is 3.94. The minimum absolute atomic E-state index is 0.270. The molecule has 1 aromatic heterocycles. The molecule has 0 radical (unpaired) electrons. The number of nitrogens with zero attached hydrogens (tertiary/aromatic N) is 1. The first-order valence-electron chi connectivity index (χ1n) is 4.91. The smallest absolute Gasteiger partial charge is 0.106 e. The molecule has 0 bridgehead atoms. The molecule has 0 saturated heterocycles. The van der Waals surface area contributed by atoms with Crippen LogP contribution in [0, 0.1) is 6.92 Å². The second kappa shape index (κ2) is 3.64. The Morgan fingerprint density at radius 1 is 1.53 bits per heavy atom. The fraction of sp³-hybridized carbons (Fsp3) is 0.364. The third-order valence-corrected chi connectivity index (χ3v) is 2.61. The van der Waals surface area contributed by atoms with Crippen molar-refractivity contribution in [3.8, 4) is 0 Å². The molecule has 0 fully saturated rings. The summed E-state index contributed by atoms with van der Waals surface area (Å²) in [4.78, 5) is 3.96. The predicted octanol–water partition coefficient (Wildman–Crippen LogP) is 0.753. The van der Waals surface area contributed by atoms with Crippen LogP contribution in [0.3, 0.4) is 0 Å². The van der Waals surface area contributed by atoms with E-state index >= 15 is 0 Å². The van der Waals surface area contributed by atoms with Gasteiger partial charge in [0, 0.05) is 18.8 Å². The predicted molar refractivity (Wildman–Crippen MR) is 59.7 cm³/mol. The number of furan rings is 1. The van der Waals surface area contributed by atoms with Crippen molar-refractivity contribution in [2.75, 3.05) is 0 Å². The van der Waals surface area contributed by atoms with E-state index in [-0.39, 0.29) is 6.04 Å². The fourth-order valence-electron chi connectivity index (χ4n) is 1.63. The highest BCUT2D eigenvalue weighted by Crippen LogP contribution is 2.19. The molecule has 1 aliphatic rings. The molecule has 1 aliphatic heterocycles. The SMILES string of the molecule is Cc1ccc(CC2(N)C=CN=CC2N)o1. The molecule has 1 aromatic rings. The Morgan fingerprint density at radius 2 is 2.33 bits per heavy atom. The first-order chi connectivity index (χ1) is 7.10. The van der Waals surface area contributed by atoms with Crippen molar-refractivity contribution in [2.24, 2.45) is 16.5 Å². The summed E-state index contributed by atoms with van der Waals surface area (Å²) >= 11 is 0. The highest BCUT2D eigenvalue weighted by molar-refractivity contribution is 5.69. The molecule has 4 heteroatoms. The van der Waals surface area contributed by atoms with E-state index in [4.69, 9.17) is 15.9 Å². The van der Waals surface area contributed by atoms with Gasteiger partial charge in [-0.3, -0.25) is 4.99 Å². The van der Waals surface area contributed by atoms with Crippen LogP contribution in [-0.2, 0) is 6.42 Å². The second-order valence-electron chi connectivity index (χ2n) is 3.94. The number of nitrogens with two attached hydrogens (primary N) is 2. The van der Waals surface area contributed by atoms with Crippen LogP contribution < -0.4 is 11.5 Å². The Morgan fingerprint density at radius 3 is 2.93 bits per heavy atom. The van der Waals surface area contributed by atoms with Crippen molar-refractivity contribution in [3.05, 3.63) is 35.9 Å². The lowest BCUT2D eigenvalue weighted by atomic mass is 9.86. The molecule has 2 atom stereocenters. The molecule has 0 aliphatic carbocycles. The van der Waals surface area contributed by atoms with Gasteiger partial charge in [-0.05, 0) is 25.1 Å². The minimum atomic E-state index is -0.591. The van der Waals surface area contributed by atoms with Crippen LogP contribution in [0.1, 0.15) is 11.5 Å². The van der Waals surface area contributed by atoms with E-state index in [2.05, 4.69) is 4.99 Å². The summed E-state index contributed by atoms with van der Waals surface area (Å²) in [6, 6.07) is 3.58. The monoisotopic (exact) mass is 205 g/mol. The van der Waals surface area contributed by atoms with Crippen LogP contribution in [0.4, 0.5) is 0 Å². The summed E-state index contributed by atoms with van der Waals surface area (Å²) in [5.74, 6) is 1.74. The van der Waals surface area contributed by atoms with Gasteiger partial charge in [0.2, 0.25) is 0 Å². The molecule has 4 N–H and O–H groups in total. The molecule has 2 heterocycles. The zero-order chi connectivity index (χ0) is 10.9. The van der Waals surface area contributed by atoms with E-state index in [9.17, 15) is 0 Å². The maximum Gasteiger partial charge on any atom is 0.106 e. The van der Waals surface area contributed by atoms with E-state index < -0.39 is 5.54 Å². The van der Waals surface area contributed by atoms with E-state index in [1.165, 1.54) is 0 Å². The molecule has 15 heavy (non-hydrogen) atoms. The van der Waals surface area contributed by atoms with Gasteiger partial charge in [0.1, 0.15) is 11.5 Å². The van der Waals surface area contributed by atoms with Crippen molar-refractivity contribution in [1.29, 1.82) is 0 Å². The molecule has 80 valence electrons. The topological polar surface area (TPSA) is 77.5 Å². The number of rotatable bonds is 2. The van der Waals surface area contributed by atoms with Gasteiger partial charge in [-0.25, -0.2) is 0 Å². The van der Waals surface area contributed by atoms with Crippen molar-refractivity contribution < 1.29 is 4.42 Å². The van der Waals surface area contributed by atoms with Crippen LogP contribution in [0.25, 0.3) is 0 Å². The minimum Gasteiger partial charge on any atom is -0.466 e. The Kier molecular flexibility index (Phi) is 2.46. The Bertz CT molecular complexity index is 408. The molecule has 0 saturated carbocycles. The highest BCUT2D eigenvalue weighted by atomic mass is 16.3. The largest absolute Gasteiger partial charge is 0.466 e. The van der Waals surface area contributed by atoms with E-state index in [1.807, 2.05) is 25.1 Å². The Balaban J connectivity index is 2.17. The first kappa shape index (κ1) is 10.1. The third kappa shape index (κ3) is 2.00. The Labute approximate surface area is 88.7 Å². The van der Waals surface area contributed by atoms with Crippen LogP contribution >= 0.6 is 0 Å². The third-order valence-electron chi connectivity index (χ3n) is 2.61. The fourth-order valence-corrected chi connectivity index (χ4v) is 1.63. The zero-order valence-corrected chi connectivity index (χ0v) is 8.68. The molecule has 0 amide bonds. The lowest BCUT2D eigenvalue weighted by Gasteiger charge is -2.30. The first-order valence-corrected chi connectivity index (χ1v) is 4.91. The zero-order valence-electron chi connectivity index (χ0n) is 8.68. The Hall–Kier alpha value is -1.39. The molecule has 2 unspecified atom stereocenters. The van der Waals surface area contributed by atoms with Crippen LogP contribution in [0.15, 0.2) is 33.8 Å². The van der Waals surface area contributed by atoms with Gasteiger partial charge >= 0.3 is 0 Å². The highest BCUT2D eigenvalue weighted by Gasteiger charge is 2.31. The van der Waals surface area contributed by atoms with Crippen molar-refractivity contribution in [2.45, 2.75) is 24.9 Å². The summed E-state index contributed by atoms with van der Waals surface area (Å²) in [6.07, 6.45) is 5.76. The van der Waals surface area contributed by atoms with E-state index in [1.54, 1.807) is 12.4 Å². The standard InChI is InChI=1S/C11H15N3O/c1-8-2-3-9(15-8)6-11(13)4-5-14-7-10(11)12/h2-5,7,10H,6,12-13H2,1H3. The van der Waals surface area contributed by atoms with E-state index in [0.29, 0.717) is 6.42 Å².